The number of hydrogen-bond donors (Lipinski definition) is 0. The summed E-state index contributed by atoms with van der Waals surface area (Å²) in [6, 6.07) is 0. The van der Waals surface area contributed by atoms with Crippen molar-refractivity contribution in [2.75, 3.05) is 19.7 Å². The molecule has 0 N–H and O–H groups in total. The fourth-order valence-electron chi connectivity index (χ4n) is 4.84. The molecule has 3 atom stereocenters. The number of likely N-dealkylation sites (tertiary alicyclic amines) is 1. The van der Waals surface area contributed by atoms with Crippen LogP contribution < -0.4 is 0 Å². The molecule has 1 saturated heterocycles. The van der Waals surface area contributed by atoms with Crippen LogP contribution >= 0.6 is 0 Å². The van der Waals surface area contributed by atoms with Gasteiger partial charge in [-0.05, 0) is 83.2 Å². The van der Waals surface area contributed by atoms with Gasteiger partial charge in [-0.25, -0.2) is 0 Å². The number of rotatable bonds is 10. The van der Waals surface area contributed by atoms with E-state index in [0.717, 1.165) is 32.5 Å². The number of ketones is 1. The Morgan fingerprint density at radius 3 is 1.90 bits per heavy atom. The van der Waals surface area contributed by atoms with Gasteiger partial charge < -0.3 is 4.74 Å². The molecule has 0 saturated carbocycles. The first-order valence-corrected chi connectivity index (χ1v) is 12.8. The Hall–Kier alpha value is -0.345. The molecule has 182 valence electrons. The summed E-state index contributed by atoms with van der Waals surface area (Å²) >= 11 is 0. The van der Waals surface area contributed by atoms with Gasteiger partial charge in [0, 0.05) is 29.0 Å². The maximum Gasteiger partial charge on any atom is 0.142 e. The van der Waals surface area contributed by atoms with Crippen LogP contribution in [-0.2, 0) is 9.53 Å². The number of hydrogen-bond acceptors (Lipinski definition) is 3. The van der Waals surface area contributed by atoms with E-state index in [1.165, 1.54) is 19.3 Å². The summed E-state index contributed by atoms with van der Waals surface area (Å²) in [5, 5.41) is 0. The average molecular weight is 436 g/mol. The average Bonchev–Trinajstić information content (AvgIpc) is 2.63. The van der Waals surface area contributed by atoms with Crippen LogP contribution in [0.1, 0.15) is 108 Å². The lowest BCUT2D eigenvalue weighted by Crippen LogP contribution is -2.50. The molecule has 1 heterocycles. The molecule has 0 aliphatic carbocycles. The maximum absolute atomic E-state index is 12.7. The van der Waals surface area contributed by atoms with Crippen LogP contribution in [0.5, 0.6) is 0 Å². The van der Waals surface area contributed by atoms with E-state index in [0.29, 0.717) is 23.0 Å². The molecule has 1 aliphatic heterocycles. The van der Waals surface area contributed by atoms with Gasteiger partial charge in [-0.3, -0.25) is 9.69 Å². The van der Waals surface area contributed by atoms with Gasteiger partial charge in [0.15, 0.2) is 0 Å². The van der Waals surface area contributed by atoms with Crippen LogP contribution in [0, 0.1) is 28.6 Å². The van der Waals surface area contributed by atoms with Gasteiger partial charge in [0.1, 0.15) is 13.6 Å². The number of ether oxygens (including phenoxy) is 1. The maximum atomic E-state index is 12.7. The van der Waals surface area contributed by atoms with Gasteiger partial charge in [-0.2, -0.15) is 0 Å². The third-order valence-corrected chi connectivity index (χ3v) is 7.76. The first-order valence-electron chi connectivity index (χ1n) is 12.8. The lowest BCUT2D eigenvalue weighted by Gasteiger charge is -2.45. The zero-order valence-electron chi connectivity index (χ0n) is 23.2. The molecule has 0 radical (unpaired) electrons. The third-order valence-electron chi connectivity index (χ3n) is 7.76. The van der Waals surface area contributed by atoms with Gasteiger partial charge in [-0.1, -0.05) is 55.4 Å². The molecule has 0 aromatic carbocycles. The number of piperidine rings is 1. The number of carbonyl (C=O) groups is 1. The summed E-state index contributed by atoms with van der Waals surface area (Å²) in [5.41, 5.74) is 0.218. The number of nitrogens with zero attached hydrogens (tertiary/aromatic N) is 1. The predicted octanol–water partition coefficient (Wildman–Crippen LogP) is 5.95. The summed E-state index contributed by atoms with van der Waals surface area (Å²) in [5.74, 6) is 1.67. The summed E-state index contributed by atoms with van der Waals surface area (Å²) in [6.45, 7) is 27.6. The van der Waals surface area contributed by atoms with E-state index >= 15 is 0 Å². The Balaban J connectivity index is 2.51. The molecule has 0 amide bonds. The first-order chi connectivity index (χ1) is 13.9. The Morgan fingerprint density at radius 1 is 0.935 bits per heavy atom. The second-order valence-electron chi connectivity index (χ2n) is 13.8. The highest BCUT2D eigenvalue weighted by Crippen LogP contribution is 2.36. The normalized spacial score (nSPS) is 21.5. The molecule has 0 bridgehead atoms. The topological polar surface area (TPSA) is 29.5 Å². The van der Waals surface area contributed by atoms with Crippen LogP contribution in [0.15, 0.2) is 0 Å². The number of carbonyl (C=O) groups excluding carboxylic acids is 1. The molecule has 0 aromatic rings. The minimum atomic E-state index is -0.239. The molecule has 0 spiro atoms. The summed E-state index contributed by atoms with van der Waals surface area (Å²) < 4.78 is 6.34. The van der Waals surface area contributed by atoms with Crippen molar-refractivity contribution in [1.82, 2.24) is 4.90 Å². The molecule has 0 aromatic heterocycles. The second-order valence-corrected chi connectivity index (χ2v) is 13.8. The van der Waals surface area contributed by atoms with Crippen LogP contribution in [0.3, 0.4) is 0 Å². The van der Waals surface area contributed by atoms with Gasteiger partial charge in [0.25, 0.3) is 0 Å². The van der Waals surface area contributed by atoms with Gasteiger partial charge in [0.2, 0.25) is 0 Å². The standard InChI is InChI=1S/C27H54BNO2/c1-20(21(2)23(30)25(6,7)8)22-12-17-29(18-13-22)26(9,10)16-19-31-27(11,28)15-14-24(3,4)5/h20-22H,12-19,28H2,1-11H3. The molecule has 31 heavy (non-hydrogen) atoms. The minimum Gasteiger partial charge on any atom is -0.384 e. The minimum absolute atomic E-state index is 0.0541. The van der Waals surface area contributed by atoms with E-state index in [2.05, 4.69) is 88.9 Å². The lowest BCUT2D eigenvalue weighted by atomic mass is 9.72. The molecule has 3 nitrogen and oxygen atoms in total. The smallest absolute Gasteiger partial charge is 0.142 e. The van der Waals surface area contributed by atoms with Gasteiger partial charge in [-0.15, -0.1) is 0 Å². The molecular weight excluding hydrogens is 381 g/mol. The summed E-state index contributed by atoms with van der Waals surface area (Å²) in [4.78, 5) is 15.4. The van der Waals surface area contributed by atoms with Crippen LogP contribution in [-0.4, -0.2) is 49.3 Å². The number of Topliss-reactive ketones (excluding diaryl/α,β-unsaturated/α-hetero) is 1. The SMILES string of the molecule is BC(C)(CCC(C)(C)C)OCCC(C)(C)N1CCC(C(C)C(C)C(=O)C(C)(C)C)CC1. The van der Waals surface area contributed by atoms with E-state index in [1.54, 1.807) is 0 Å². The summed E-state index contributed by atoms with van der Waals surface area (Å²) in [6.07, 6.45) is 5.75. The molecule has 1 aliphatic rings. The largest absolute Gasteiger partial charge is 0.384 e. The lowest BCUT2D eigenvalue weighted by molar-refractivity contribution is -0.132. The highest BCUT2D eigenvalue weighted by atomic mass is 16.5. The molecule has 1 fully saturated rings. The van der Waals surface area contributed by atoms with Crippen molar-refractivity contribution >= 4 is 13.6 Å². The molecular formula is C27H54BNO2. The van der Waals surface area contributed by atoms with Crippen molar-refractivity contribution in [3.05, 3.63) is 0 Å². The Bertz CT molecular complexity index is 563. The molecule has 3 unspecified atom stereocenters. The van der Waals surface area contributed by atoms with Crippen molar-refractivity contribution in [2.24, 2.45) is 28.6 Å². The summed E-state index contributed by atoms with van der Waals surface area (Å²) in [7, 11) is 2.23. The van der Waals surface area contributed by atoms with E-state index in [9.17, 15) is 4.79 Å². The van der Waals surface area contributed by atoms with Gasteiger partial charge in [0.05, 0.1) is 0 Å². The molecule has 4 heteroatoms. The third kappa shape index (κ3) is 9.58. The Morgan fingerprint density at radius 2 is 1.45 bits per heavy atom. The van der Waals surface area contributed by atoms with Crippen molar-refractivity contribution in [1.29, 1.82) is 0 Å². The van der Waals surface area contributed by atoms with Crippen LogP contribution in [0.2, 0.25) is 0 Å². The van der Waals surface area contributed by atoms with E-state index in [4.69, 9.17) is 4.74 Å². The Labute approximate surface area is 195 Å². The zero-order valence-corrected chi connectivity index (χ0v) is 23.2. The van der Waals surface area contributed by atoms with Crippen molar-refractivity contribution in [2.45, 2.75) is 119 Å². The van der Waals surface area contributed by atoms with E-state index < -0.39 is 0 Å². The first kappa shape index (κ1) is 28.7. The zero-order chi connectivity index (χ0) is 24.3. The second kappa shape index (κ2) is 10.7. The van der Waals surface area contributed by atoms with E-state index in [-0.39, 0.29) is 22.4 Å². The van der Waals surface area contributed by atoms with E-state index in [1.807, 2.05) is 0 Å². The fraction of sp³-hybridized carbons (Fsp3) is 0.963. The van der Waals surface area contributed by atoms with Crippen LogP contribution in [0.25, 0.3) is 0 Å². The monoisotopic (exact) mass is 435 g/mol. The van der Waals surface area contributed by atoms with Gasteiger partial charge >= 0.3 is 0 Å². The highest BCUT2D eigenvalue weighted by molar-refractivity contribution is 6.14. The van der Waals surface area contributed by atoms with Crippen molar-refractivity contribution in [3.8, 4) is 0 Å². The Kier molecular flexibility index (Phi) is 9.92. The molecule has 1 rings (SSSR count). The quantitative estimate of drug-likeness (QED) is 0.397. The highest BCUT2D eigenvalue weighted by Gasteiger charge is 2.37. The van der Waals surface area contributed by atoms with Crippen LogP contribution in [0.4, 0.5) is 0 Å². The predicted molar refractivity (Wildman–Crippen MR) is 137 cm³/mol. The van der Waals surface area contributed by atoms with Crippen molar-refractivity contribution < 1.29 is 9.53 Å². The fourth-order valence-corrected chi connectivity index (χ4v) is 4.84. The van der Waals surface area contributed by atoms with Crippen molar-refractivity contribution in [3.63, 3.8) is 0 Å².